The summed E-state index contributed by atoms with van der Waals surface area (Å²) >= 11 is 9.60. The number of halogens is 2. The van der Waals surface area contributed by atoms with Crippen molar-refractivity contribution in [3.63, 3.8) is 0 Å². The zero-order valence-electron chi connectivity index (χ0n) is 16.7. The van der Waals surface area contributed by atoms with Gasteiger partial charge in [-0.15, -0.1) is 0 Å². The summed E-state index contributed by atoms with van der Waals surface area (Å²) in [7, 11) is 0. The molecular formula is C26H17BrClNO3. The lowest BCUT2D eigenvalue weighted by Gasteiger charge is -2.12. The van der Waals surface area contributed by atoms with Crippen molar-refractivity contribution in [1.29, 1.82) is 0 Å². The Hall–Kier alpha value is -3.41. The average molecular weight is 507 g/mol. The van der Waals surface area contributed by atoms with Crippen LogP contribution in [0, 0.1) is 0 Å². The molecule has 1 N–H and O–H groups in total. The zero-order chi connectivity index (χ0) is 22.5. The monoisotopic (exact) mass is 505 g/mol. The van der Waals surface area contributed by atoms with E-state index >= 15 is 0 Å². The first-order valence-electron chi connectivity index (χ1n) is 9.74. The summed E-state index contributed by atoms with van der Waals surface area (Å²) in [6, 6.07) is 28.1. The first-order chi connectivity index (χ1) is 15.5. The highest BCUT2D eigenvalue weighted by Gasteiger charge is 2.18. The van der Waals surface area contributed by atoms with Gasteiger partial charge in [-0.3, -0.25) is 9.59 Å². The number of anilines is 1. The fourth-order valence-electron chi connectivity index (χ4n) is 3.10. The summed E-state index contributed by atoms with van der Waals surface area (Å²) in [6.07, 6.45) is 0. The molecule has 1 amide bonds. The van der Waals surface area contributed by atoms with Gasteiger partial charge in [0, 0.05) is 21.2 Å². The van der Waals surface area contributed by atoms with Crippen LogP contribution in [0.5, 0.6) is 11.5 Å². The molecule has 0 atom stereocenters. The third-order valence-corrected chi connectivity index (χ3v) is 5.51. The number of carbonyl (C=O) groups is 2. The smallest absolute Gasteiger partial charge is 0.255 e. The minimum Gasteiger partial charge on any atom is -0.457 e. The molecule has 0 aromatic heterocycles. The second-order valence-electron chi connectivity index (χ2n) is 6.89. The van der Waals surface area contributed by atoms with Crippen LogP contribution in [0.25, 0.3) is 0 Å². The number of hydrogen-bond donors (Lipinski definition) is 1. The summed E-state index contributed by atoms with van der Waals surface area (Å²) < 4.78 is 6.49. The Balaban J connectivity index is 1.55. The van der Waals surface area contributed by atoms with E-state index in [1.54, 1.807) is 66.7 Å². The minimum absolute atomic E-state index is 0.273. The lowest BCUT2D eigenvalue weighted by Crippen LogP contribution is -2.15. The van der Waals surface area contributed by atoms with Crippen molar-refractivity contribution in [2.75, 3.05) is 5.32 Å². The Morgan fingerprint density at radius 2 is 1.41 bits per heavy atom. The summed E-state index contributed by atoms with van der Waals surface area (Å²) in [5.41, 5.74) is 1.54. The third kappa shape index (κ3) is 5.07. The molecule has 0 spiro atoms. The van der Waals surface area contributed by atoms with Crippen LogP contribution in [0.3, 0.4) is 0 Å². The van der Waals surface area contributed by atoms with E-state index in [2.05, 4.69) is 21.2 Å². The predicted molar refractivity (Wildman–Crippen MR) is 130 cm³/mol. The van der Waals surface area contributed by atoms with Crippen molar-refractivity contribution < 1.29 is 14.3 Å². The molecule has 4 nitrogen and oxygen atoms in total. The van der Waals surface area contributed by atoms with Gasteiger partial charge in [-0.25, -0.2) is 0 Å². The van der Waals surface area contributed by atoms with Crippen molar-refractivity contribution in [1.82, 2.24) is 0 Å². The molecule has 0 aliphatic carbocycles. The van der Waals surface area contributed by atoms with Crippen molar-refractivity contribution in [3.05, 3.63) is 123 Å². The van der Waals surface area contributed by atoms with Gasteiger partial charge in [-0.1, -0.05) is 57.9 Å². The number of amides is 1. The molecule has 4 aromatic rings. The van der Waals surface area contributed by atoms with E-state index in [4.69, 9.17) is 16.3 Å². The van der Waals surface area contributed by atoms with E-state index in [9.17, 15) is 9.59 Å². The molecule has 0 fully saturated rings. The molecule has 0 radical (unpaired) electrons. The van der Waals surface area contributed by atoms with E-state index in [-0.39, 0.29) is 11.7 Å². The van der Waals surface area contributed by atoms with E-state index in [0.717, 1.165) is 4.47 Å². The maximum absolute atomic E-state index is 13.1. The molecule has 0 heterocycles. The minimum atomic E-state index is -0.345. The third-order valence-electron chi connectivity index (χ3n) is 4.69. The van der Waals surface area contributed by atoms with E-state index < -0.39 is 0 Å². The van der Waals surface area contributed by atoms with Crippen LogP contribution in [-0.4, -0.2) is 11.7 Å². The van der Waals surface area contributed by atoms with Crippen LogP contribution < -0.4 is 10.1 Å². The number of benzene rings is 4. The number of para-hydroxylation sites is 1. The van der Waals surface area contributed by atoms with Gasteiger partial charge < -0.3 is 10.1 Å². The second kappa shape index (κ2) is 9.81. The predicted octanol–water partition coefficient (Wildman–Crippen LogP) is 7.38. The Bertz CT molecular complexity index is 1270. The number of hydrogen-bond acceptors (Lipinski definition) is 3. The van der Waals surface area contributed by atoms with E-state index in [0.29, 0.717) is 38.9 Å². The maximum atomic E-state index is 13.1. The van der Waals surface area contributed by atoms with E-state index in [1.165, 1.54) is 0 Å². The Morgan fingerprint density at radius 1 is 0.750 bits per heavy atom. The number of ketones is 1. The average Bonchev–Trinajstić information content (AvgIpc) is 2.80. The van der Waals surface area contributed by atoms with Crippen molar-refractivity contribution in [2.24, 2.45) is 0 Å². The van der Waals surface area contributed by atoms with Gasteiger partial charge in [-0.05, 0) is 66.7 Å². The largest absolute Gasteiger partial charge is 0.457 e. The summed E-state index contributed by atoms with van der Waals surface area (Å²) in [4.78, 5) is 25.9. The molecule has 0 saturated heterocycles. The van der Waals surface area contributed by atoms with Crippen LogP contribution >= 0.6 is 27.5 Å². The second-order valence-corrected chi connectivity index (χ2v) is 8.22. The molecule has 6 heteroatoms. The highest BCUT2D eigenvalue weighted by molar-refractivity contribution is 9.10. The molecule has 0 aliphatic heterocycles. The topological polar surface area (TPSA) is 55.4 Å². The van der Waals surface area contributed by atoms with Crippen LogP contribution in [0.15, 0.2) is 102 Å². The van der Waals surface area contributed by atoms with Gasteiger partial charge >= 0.3 is 0 Å². The van der Waals surface area contributed by atoms with E-state index in [1.807, 2.05) is 30.3 Å². The van der Waals surface area contributed by atoms with Crippen molar-refractivity contribution >= 4 is 44.9 Å². The number of nitrogens with one attached hydrogen (secondary N) is 1. The Kier molecular flexibility index (Phi) is 6.69. The molecule has 158 valence electrons. The standard InChI is InChI=1S/C26H17BrClNO3/c27-18-12-15-22(25(30)21-8-4-5-9-23(21)28)24(16-18)29-26(31)17-10-13-20(14-11-17)32-19-6-2-1-3-7-19/h1-16H,(H,29,31). The Labute approximate surface area is 198 Å². The maximum Gasteiger partial charge on any atom is 0.255 e. The molecule has 0 bridgehead atoms. The van der Waals surface area contributed by atoms with Gasteiger partial charge in [-0.2, -0.15) is 0 Å². The number of rotatable bonds is 6. The summed E-state index contributed by atoms with van der Waals surface area (Å²) in [5.74, 6) is 0.707. The molecule has 0 unspecified atom stereocenters. The lowest BCUT2D eigenvalue weighted by atomic mass is 10.0. The van der Waals surface area contributed by atoms with Crippen LogP contribution in [0.2, 0.25) is 5.02 Å². The number of carbonyl (C=O) groups excluding carboxylic acids is 2. The zero-order valence-corrected chi connectivity index (χ0v) is 19.1. The number of ether oxygens (including phenoxy) is 1. The van der Waals surface area contributed by atoms with Gasteiger partial charge in [0.2, 0.25) is 0 Å². The van der Waals surface area contributed by atoms with Gasteiger partial charge in [0.15, 0.2) is 5.78 Å². The lowest BCUT2D eigenvalue weighted by molar-refractivity contribution is 0.102. The Morgan fingerprint density at radius 3 is 2.12 bits per heavy atom. The van der Waals surface area contributed by atoms with Crippen molar-refractivity contribution in [2.45, 2.75) is 0 Å². The quantitative estimate of drug-likeness (QED) is 0.278. The molecule has 0 saturated carbocycles. The molecule has 0 aliphatic rings. The molecule has 32 heavy (non-hydrogen) atoms. The fourth-order valence-corrected chi connectivity index (χ4v) is 3.68. The molecule has 4 rings (SSSR count). The summed E-state index contributed by atoms with van der Waals surface area (Å²) in [6.45, 7) is 0. The highest BCUT2D eigenvalue weighted by Crippen LogP contribution is 2.28. The van der Waals surface area contributed by atoms with Gasteiger partial charge in [0.05, 0.1) is 10.7 Å². The van der Waals surface area contributed by atoms with Crippen molar-refractivity contribution in [3.8, 4) is 11.5 Å². The van der Waals surface area contributed by atoms with Gasteiger partial charge in [0.25, 0.3) is 5.91 Å². The van der Waals surface area contributed by atoms with Crippen LogP contribution in [-0.2, 0) is 0 Å². The molecular weight excluding hydrogens is 490 g/mol. The normalized spacial score (nSPS) is 10.4. The highest BCUT2D eigenvalue weighted by atomic mass is 79.9. The fraction of sp³-hybridized carbons (Fsp3) is 0. The summed E-state index contributed by atoms with van der Waals surface area (Å²) in [5, 5.41) is 3.19. The van der Waals surface area contributed by atoms with Crippen LogP contribution in [0.1, 0.15) is 26.3 Å². The van der Waals surface area contributed by atoms with Crippen LogP contribution in [0.4, 0.5) is 5.69 Å². The molecule has 4 aromatic carbocycles. The van der Waals surface area contributed by atoms with Gasteiger partial charge in [0.1, 0.15) is 11.5 Å². The first kappa shape index (κ1) is 21.8. The first-order valence-corrected chi connectivity index (χ1v) is 10.9. The SMILES string of the molecule is O=C(Nc1cc(Br)ccc1C(=O)c1ccccc1Cl)c1ccc(Oc2ccccc2)cc1.